The molecular formula is C16H18N2O2. The third-order valence-corrected chi connectivity index (χ3v) is 3.14. The van der Waals surface area contributed by atoms with Gasteiger partial charge in [0.1, 0.15) is 5.75 Å². The third kappa shape index (κ3) is 3.15. The molecular weight excluding hydrogens is 252 g/mol. The Morgan fingerprint density at radius 2 is 2.05 bits per heavy atom. The van der Waals surface area contributed by atoms with Crippen molar-refractivity contribution >= 4 is 5.91 Å². The summed E-state index contributed by atoms with van der Waals surface area (Å²) in [5.41, 5.74) is 1.03. The van der Waals surface area contributed by atoms with Crippen molar-refractivity contribution in [3.05, 3.63) is 59.9 Å². The molecule has 0 spiro atoms. The molecule has 0 unspecified atom stereocenters. The van der Waals surface area contributed by atoms with Crippen molar-refractivity contribution in [1.82, 2.24) is 10.3 Å². The molecule has 4 heteroatoms. The van der Waals surface area contributed by atoms with Crippen molar-refractivity contribution < 1.29 is 9.53 Å². The largest absolute Gasteiger partial charge is 0.497 e. The number of amides is 1. The lowest BCUT2D eigenvalue weighted by atomic mass is 9.95. The smallest absolute Gasteiger partial charge is 0.252 e. The normalized spacial score (nSPS) is 10.9. The van der Waals surface area contributed by atoms with Crippen LogP contribution < -0.4 is 10.1 Å². The number of hydrogen-bond acceptors (Lipinski definition) is 3. The van der Waals surface area contributed by atoms with Gasteiger partial charge < -0.3 is 10.1 Å². The number of pyridine rings is 1. The molecule has 1 amide bonds. The van der Waals surface area contributed by atoms with Crippen molar-refractivity contribution in [2.75, 3.05) is 7.11 Å². The van der Waals surface area contributed by atoms with Crippen LogP contribution in [-0.2, 0) is 5.54 Å². The molecule has 0 aliphatic rings. The second-order valence-electron chi connectivity index (χ2n) is 5.05. The first-order chi connectivity index (χ1) is 9.53. The highest BCUT2D eigenvalue weighted by Crippen LogP contribution is 2.20. The van der Waals surface area contributed by atoms with Gasteiger partial charge in [0.15, 0.2) is 0 Å². The van der Waals surface area contributed by atoms with Crippen LogP contribution in [0, 0.1) is 0 Å². The number of rotatable bonds is 4. The summed E-state index contributed by atoms with van der Waals surface area (Å²) < 4.78 is 5.13. The Kier molecular flexibility index (Phi) is 4.03. The number of nitrogens with one attached hydrogen (secondary N) is 1. The summed E-state index contributed by atoms with van der Waals surface area (Å²) in [6, 6.07) is 10.9. The molecule has 2 aromatic rings. The van der Waals surface area contributed by atoms with Gasteiger partial charge in [-0.1, -0.05) is 12.1 Å². The molecule has 0 aliphatic carbocycles. The van der Waals surface area contributed by atoms with Gasteiger partial charge in [0.2, 0.25) is 0 Å². The summed E-state index contributed by atoms with van der Waals surface area (Å²) in [4.78, 5) is 16.4. The van der Waals surface area contributed by atoms with E-state index in [1.807, 2.05) is 32.0 Å². The minimum Gasteiger partial charge on any atom is -0.497 e. The predicted molar refractivity (Wildman–Crippen MR) is 77.7 cm³/mol. The van der Waals surface area contributed by atoms with Gasteiger partial charge in [-0.15, -0.1) is 0 Å². The molecule has 0 bridgehead atoms. The Hall–Kier alpha value is -2.36. The average molecular weight is 270 g/mol. The lowest BCUT2D eigenvalue weighted by Gasteiger charge is -2.26. The van der Waals surface area contributed by atoms with Crippen LogP contribution in [0.15, 0.2) is 48.8 Å². The van der Waals surface area contributed by atoms with Gasteiger partial charge in [0.25, 0.3) is 5.91 Å². The van der Waals surface area contributed by atoms with E-state index < -0.39 is 5.54 Å². The Bertz CT molecular complexity index is 594. The summed E-state index contributed by atoms with van der Waals surface area (Å²) in [6.07, 6.45) is 3.47. The van der Waals surface area contributed by atoms with Crippen LogP contribution in [0.3, 0.4) is 0 Å². The topological polar surface area (TPSA) is 51.2 Å². The zero-order valence-corrected chi connectivity index (χ0v) is 11.9. The minimum absolute atomic E-state index is 0.141. The van der Waals surface area contributed by atoms with Gasteiger partial charge in [-0.25, -0.2) is 0 Å². The van der Waals surface area contributed by atoms with Crippen molar-refractivity contribution in [1.29, 1.82) is 0 Å². The Morgan fingerprint density at radius 1 is 1.25 bits per heavy atom. The number of carbonyl (C=O) groups is 1. The van der Waals surface area contributed by atoms with E-state index in [-0.39, 0.29) is 5.91 Å². The molecule has 0 atom stereocenters. The Balaban J connectivity index is 2.18. The fourth-order valence-electron chi connectivity index (χ4n) is 1.92. The van der Waals surface area contributed by atoms with Crippen molar-refractivity contribution in [3.63, 3.8) is 0 Å². The summed E-state index contributed by atoms with van der Waals surface area (Å²) >= 11 is 0. The van der Waals surface area contributed by atoms with Gasteiger partial charge in [-0.05, 0) is 43.7 Å². The molecule has 0 fully saturated rings. The zero-order valence-electron chi connectivity index (χ0n) is 11.9. The number of nitrogens with zero attached hydrogens (tertiary/aromatic N) is 1. The highest BCUT2D eigenvalue weighted by molar-refractivity contribution is 5.95. The standard InChI is InChI=1S/C16H18N2O2/c1-16(2,13-7-5-9-17-11-13)18-15(19)12-6-4-8-14(10-12)20-3/h4-11H,1-3H3,(H,18,19). The van der Waals surface area contributed by atoms with Crippen LogP contribution in [-0.4, -0.2) is 18.0 Å². The average Bonchev–Trinajstić information content (AvgIpc) is 2.48. The number of benzene rings is 1. The molecule has 0 aliphatic heterocycles. The molecule has 1 heterocycles. The van der Waals surface area contributed by atoms with Gasteiger partial charge >= 0.3 is 0 Å². The van der Waals surface area contributed by atoms with Crippen LogP contribution in [0.5, 0.6) is 5.75 Å². The van der Waals surface area contributed by atoms with Gasteiger partial charge in [0.05, 0.1) is 12.6 Å². The fraction of sp³-hybridized carbons (Fsp3) is 0.250. The van der Waals surface area contributed by atoms with E-state index in [0.29, 0.717) is 11.3 Å². The number of aromatic nitrogens is 1. The quantitative estimate of drug-likeness (QED) is 0.929. The van der Waals surface area contributed by atoms with Crippen LogP contribution in [0.25, 0.3) is 0 Å². The summed E-state index contributed by atoms with van der Waals surface area (Å²) in [6.45, 7) is 3.89. The van der Waals surface area contributed by atoms with E-state index >= 15 is 0 Å². The minimum atomic E-state index is -0.492. The number of ether oxygens (including phenoxy) is 1. The molecule has 1 aromatic heterocycles. The molecule has 1 aromatic carbocycles. The molecule has 2 rings (SSSR count). The number of methoxy groups -OCH3 is 1. The highest BCUT2D eigenvalue weighted by atomic mass is 16.5. The van der Waals surface area contributed by atoms with Crippen LogP contribution >= 0.6 is 0 Å². The van der Waals surface area contributed by atoms with E-state index in [2.05, 4.69) is 10.3 Å². The molecule has 0 radical (unpaired) electrons. The van der Waals surface area contributed by atoms with E-state index in [1.165, 1.54) is 0 Å². The van der Waals surface area contributed by atoms with Crippen LogP contribution in [0.2, 0.25) is 0 Å². The third-order valence-electron chi connectivity index (χ3n) is 3.14. The molecule has 1 N–H and O–H groups in total. The first kappa shape index (κ1) is 14.1. The van der Waals surface area contributed by atoms with Gasteiger partial charge in [-0.2, -0.15) is 0 Å². The van der Waals surface area contributed by atoms with Crippen molar-refractivity contribution in [3.8, 4) is 5.75 Å². The summed E-state index contributed by atoms with van der Waals surface area (Å²) in [5, 5.41) is 3.01. The van der Waals surface area contributed by atoms with Crippen molar-refractivity contribution in [2.24, 2.45) is 0 Å². The summed E-state index contributed by atoms with van der Waals surface area (Å²) in [5.74, 6) is 0.523. The molecule has 0 saturated carbocycles. The molecule has 104 valence electrons. The first-order valence-corrected chi connectivity index (χ1v) is 6.40. The van der Waals surface area contributed by atoms with Crippen LogP contribution in [0.4, 0.5) is 0 Å². The fourth-order valence-corrected chi connectivity index (χ4v) is 1.92. The van der Waals surface area contributed by atoms with Crippen LogP contribution in [0.1, 0.15) is 29.8 Å². The second-order valence-corrected chi connectivity index (χ2v) is 5.05. The van der Waals surface area contributed by atoms with E-state index in [4.69, 9.17) is 4.74 Å². The Morgan fingerprint density at radius 3 is 2.70 bits per heavy atom. The lowest BCUT2D eigenvalue weighted by molar-refractivity contribution is 0.0911. The number of hydrogen-bond donors (Lipinski definition) is 1. The SMILES string of the molecule is COc1cccc(C(=O)NC(C)(C)c2cccnc2)c1. The van der Waals surface area contributed by atoms with E-state index in [1.54, 1.807) is 37.7 Å². The van der Waals surface area contributed by atoms with Gasteiger partial charge in [0, 0.05) is 18.0 Å². The maximum Gasteiger partial charge on any atom is 0.252 e. The Labute approximate surface area is 118 Å². The second kappa shape index (κ2) is 5.74. The first-order valence-electron chi connectivity index (χ1n) is 6.40. The lowest BCUT2D eigenvalue weighted by Crippen LogP contribution is -2.41. The molecule has 4 nitrogen and oxygen atoms in total. The molecule has 0 saturated heterocycles. The maximum atomic E-state index is 12.3. The van der Waals surface area contributed by atoms with Gasteiger partial charge in [-0.3, -0.25) is 9.78 Å². The summed E-state index contributed by atoms with van der Waals surface area (Å²) in [7, 11) is 1.58. The van der Waals surface area contributed by atoms with E-state index in [0.717, 1.165) is 5.56 Å². The highest BCUT2D eigenvalue weighted by Gasteiger charge is 2.23. The monoisotopic (exact) mass is 270 g/mol. The zero-order chi connectivity index (χ0) is 14.6. The van der Waals surface area contributed by atoms with E-state index in [9.17, 15) is 4.79 Å². The maximum absolute atomic E-state index is 12.3. The molecule has 20 heavy (non-hydrogen) atoms. The number of carbonyl (C=O) groups excluding carboxylic acids is 1. The predicted octanol–water partition coefficient (Wildman–Crippen LogP) is 2.76. The van der Waals surface area contributed by atoms with Crippen molar-refractivity contribution in [2.45, 2.75) is 19.4 Å².